The second-order valence-corrected chi connectivity index (χ2v) is 2.88. The normalized spacial score (nSPS) is 9.27. The zero-order valence-corrected chi connectivity index (χ0v) is 9.49. The second-order valence-electron chi connectivity index (χ2n) is 2.88. The number of rotatable bonds is 2. The van der Waals surface area contributed by atoms with Gasteiger partial charge in [0.15, 0.2) is 5.82 Å². The summed E-state index contributed by atoms with van der Waals surface area (Å²) >= 11 is 0. The minimum absolute atomic E-state index is 0.822. The number of aromatic nitrogens is 3. The highest BCUT2D eigenvalue weighted by atomic mass is 15.2. The molecule has 0 saturated carbocycles. The molecule has 3 heteroatoms. The molecule has 1 N–H and O–H groups in total. The molecule has 0 aliphatic rings. The summed E-state index contributed by atoms with van der Waals surface area (Å²) in [6, 6.07) is 8.33. The van der Waals surface area contributed by atoms with Crippen LogP contribution in [0.15, 0.2) is 30.6 Å². The third kappa shape index (κ3) is 2.91. The topological polar surface area (TPSA) is 41.6 Å². The Hall–Kier alpha value is -1.64. The maximum Gasteiger partial charge on any atom is 0.155 e. The van der Waals surface area contributed by atoms with Crippen LogP contribution in [0.4, 0.5) is 0 Å². The van der Waals surface area contributed by atoms with Gasteiger partial charge in [0.1, 0.15) is 6.33 Å². The molecule has 1 aromatic heterocycles. The van der Waals surface area contributed by atoms with Gasteiger partial charge < -0.3 is 0 Å². The highest BCUT2D eigenvalue weighted by Crippen LogP contribution is 2.14. The number of H-pyrrole nitrogens is 1. The van der Waals surface area contributed by atoms with Gasteiger partial charge >= 0.3 is 0 Å². The molecule has 0 aliphatic heterocycles. The van der Waals surface area contributed by atoms with E-state index in [0.29, 0.717) is 0 Å². The quantitative estimate of drug-likeness (QED) is 0.815. The fraction of sp³-hybridized carbons (Fsp3) is 0.333. The average Bonchev–Trinajstić information content (AvgIpc) is 2.85. The van der Waals surface area contributed by atoms with Crippen molar-refractivity contribution in [2.24, 2.45) is 0 Å². The number of nitrogens with zero attached hydrogens (tertiary/aromatic N) is 2. The molecule has 15 heavy (non-hydrogen) atoms. The molecule has 3 nitrogen and oxygen atoms in total. The van der Waals surface area contributed by atoms with E-state index in [-0.39, 0.29) is 0 Å². The molecule has 1 heterocycles. The molecule has 0 unspecified atom stereocenters. The summed E-state index contributed by atoms with van der Waals surface area (Å²) in [7, 11) is 0. The third-order valence-corrected chi connectivity index (χ3v) is 2.05. The summed E-state index contributed by atoms with van der Waals surface area (Å²) in [5.41, 5.74) is 2.41. The van der Waals surface area contributed by atoms with Crippen molar-refractivity contribution in [3.05, 3.63) is 36.2 Å². The Kier molecular flexibility index (Phi) is 4.54. The van der Waals surface area contributed by atoms with Crippen molar-refractivity contribution < 1.29 is 0 Å². The van der Waals surface area contributed by atoms with Crippen LogP contribution in [0, 0.1) is 0 Å². The first-order valence-corrected chi connectivity index (χ1v) is 5.35. The van der Waals surface area contributed by atoms with Crippen molar-refractivity contribution in [1.82, 2.24) is 15.2 Å². The van der Waals surface area contributed by atoms with Crippen LogP contribution < -0.4 is 0 Å². The van der Waals surface area contributed by atoms with Crippen LogP contribution in [0.5, 0.6) is 0 Å². The van der Waals surface area contributed by atoms with Gasteiger partial charge in [-0.3, -0.25) is 5.10 Å². The highest BCUT2D eigenvalue weighted by Gasteiger charge is 1.98. The van der Waals surface area contributed by atoms with Gasteiger partial charge in [-0.15, -0.1) is 0 Å². The fourth-order valence-electron chi connectivity index (χ4n) is 1.24. The first-order chi connectivity index (χ1) is 7.40. The minimum Gasteiger partial charge on any atom is -0.259 e. The molecule has 0 amide bonds. The van der Waals surface area contributed by atoms with Gasteiger partial charge in [-0.25, -0.2) is 4.98 Å². The second kappa shape index (κ2) is 5.96. The van der Waals surface area contributed by atoms with E-state index in [1.807, 2.05) is 13.8 Å². The van der Waals surface area contributed by atoms with Gasteiger partial charge in [-0.05, 0) is 12.0 Å². The molecule has 0 atom stereocenters. The summed E-state index contributed by atoms with van der Waals surface area (Å²) in [4.78, 5) is 4.08. The SMILES string of the molecule is CC.CCc1ccc(-c2ncn[nH]2)cc1. The van der Waals surface area contributed by atoms with E-state index >= 15 is 0 Å². The minimum atomic E-state index is 0.822. The van der Waals surface area contributed by atoms with E-state index in [0.717, 1.165) is 17.8 Å². The molecule has 2 aromatic rings. The lowest BCUT2D eigenvalue weighted by atomic mass is 10.1. The summed E-state index contributed by atoms with van der Waals surface area (Å²) in [6.45, 7) is 6.14. The van der Waals surface area contributed by atoms with Crippen LogP contribution in [0.1, 0.15) is 26.3 Å². The van der Waals surface area contributed by atoms with Crippen molar-refractivity contribution >= 4 is 0 Å². The van der Waals surface area contributed by atoms with Crippen LogP contribution in [0.2, 0.25) is 0 Å². The molecule has 80 valence electrons. The van der Waals surface area contributed by atoms with Crippen molar-refractivity contribution in [2.45, 2.75) is 27.2 Å². The Morgan fingerprint density at radius 2 is 1.80 bits per heavy atom. The molecule has 0 fully saturated rings. The molecular formula is C12H17N3. The zero-order valence-electron chi connectivity index (χ0n) is 9.49. The number of aromatic amines is 1. The smallest absolute Gasteiger partial charge is 0.155 e. The Morgan fingerprint density at radius 1 is 1.13 bits per heavy atom. The number of benzene rings is 1. The Morgan fingerprint density at radius 3 is 2.27 bits per heavy atom. The van der Waals surface area contributed by atoms with Crippen LogP contribution in [0.25, 0.3) is 11.4 Å². The fourth-order valence-corrected chi connectivity index (χ4v) is 1.24. The Balaban J connectivity index is 0.000000531. The van der Waals surface area contributed by atoms with Crippen molar-refractivity contribution in [3.8, 4) is 11.4 Å². The number of hydrogen-bond donors (Lipinski definition) is 1. The highest BCUT2D eigenvalue weighted by molar-refractivity contribution is 5.54. The lowest BCUT2D eigenvalue weighted by Gasteiger charge is -1.98. The average molecular weight is 203 g/mol. The van der Waals surface area contributed by atoms with Crippen molar-refractivity contribution in [1.29, 1.82) is 0 Å². The zero-order chi connectivity index (χ0) is 11.1. The standard InChI is InChI=1S/C10H11N3.C2H6/c1-2-8-3-5-9(6-4-8)10-11-7-12-13-10;1-2/h3-7H,2H2,1H3,(H,11,12,13);1-2H3. The van der Waals surface area contributed by atoms with Gasteiger partial charge in [0.25, 0.3) is 0 Å². The van der Waals surface area contributed by atoms with Gasteiger partial charge in [-0.1, -0.05) is 45.0 Å². The number of hydrogen-bond acceptors (Lipinski definition) is 2. The van der Waals surface area contributed by atoms with E-state index in [1.165, 1.54) is 11.9 Å². The van der Waals surface area contributed by atoms with E-state index in [9.17, 15) is 0 Å². The number of aryl methyl sites for hydroxylation is 1. The van der Waals surface area contributed by atoms with Crippen LogP contribution in [-0.2, 0) is 6.42 Å². The summed E-state index contributed by atoms with van der Waals surface area (Å²) < 4.78 is 0. The third-order valence-electron chi connectivity index (χ3n) is 2.05. The maximum absolute atomic E-state index is 4.08. The lowest BCUT2D eigenvalue weighted by molar-refractivity contribution is 1.09. The predicted octanol–water partition coefficient (Wildman–Crippen LogP) is 3.06. The summed E-state index contributed by atoms with van der Waals surface area (Å²) in [5.74, 6) is 0.822. The maximum atomic E-state index is 4.08. The first kappa shape index (κ1) is 11.4. The van der Waals surface area contributed by atoms with Crippen molar-refractivity contribution in [3.63, 3.8) is 0 Å². The van der Waals surface area contributed by atoms with Gasteiger partial charge in [-0.2, -0.15) is 5.10 Å². The van der Waals surface area contributed by atoms with Gasteiger partial charge in [0.05, 0.1) is 0 Å². The van der Waals surface area contributed by atoms with E-state index in [2.05, 4.69) is 46.4 Å². The monoisotopic (exact) mass is 203 g/mol. The van der Waals surface area contributed by atoms with Crippen LogP contribution >= 0.6 is 0 Å². The molecular weight excluding hydrogens is 186 g/mol. The molecule has 0 aliphatic carbocycles. The number of nitrogens with one attached hydrogen (secondary N) is 1. The lowest BCUT2D eigenvalue weighted by Crippen LogP contribution is -1.83. The van der Waals surface area contributed by atoms with Gasteiger partial charge in [0.2, 0.25) is 0 Å². The van der Waals surface area contributed by atoms with Gasteiger partial charge in [0, 0.05) is 5.56 Å². The van der Waals surface area contributed by atoms with Crippen LogP contribution in [0.3, 0.4) is 0 Å². The summed E-state index contributed by atoms with van der Waals surface area (Å²) in [5, 5.41) is 6.63. The van der Waals surface area contributed by atoms with E-state index in [4.69, 9.17) is 0 Å². The van der Waals surface area contributed by atoms with E-state index < -0.39 is 0 Å². The van der Waals surface area contributed by atoms with Crippen molar-refractivity contribution in [2.75, 3.05) is 0 Å². The first-order valence-electron chi connectivity index (χ1n) is 5.35. The molecule has 0 radical (unpaired) electrons. The molecule has 1 aromatic carbocycles. The molecule has 0 bridgehead atoms. The molecule has 0 saturated heterocycles. The molecule has 2 rings (SSSR count). The predicted molar refractivity (Wildman–Crippen MR) is 62.5 cm³/mol. The molecule has 0 spiro atoms. The summed E-state index contributed by atoms with van der Waals surface area (Å²) in [6.07, 6.45) is 2.58. The Bertz CT molecular complexity index is 362. The van der Waals surface area contributed by atoms with E-state index in [1.54, 1.807) is 0 Å². The largest absolute Gasteiger partial charge is 0.259 e. The van der Waals surface area contributed by atoms with Crippen LogP contribution in [-0.4, -0.2) is 15.2 Å². The Labute approximate surface area is 90.6 Å².